The molecule has 0 spiro atoms. The van der Waals surface area contributed by atoms with Gasteiger partial charge in [-0.1, -0.05) is 0 Å². The van der Waals surface area contributed by atoms with Crippen molar-refractivity contribution in [2.45, 2.75) is 33.2 Å². The van der Waals surface area contributed by atoms with Gasteiger partial charge in [-0.15, -0.1) is 0 Å². The minimum atomic E-state index is 0.00139. The van der Waals surface area contributed by atoms with Crippen molar-refractivity contribution in [2.75, 3.05) is 20.3 Å². The van der Waals surface area contributed by atoms with E-state index in [1.54, 1.807) is 18.0 Å². The molecule has 17 heavy (non-hydrogen) atoms. The van der Waals surface area contributed by atoms with E-state index in [4.69, 9.17) is 9.47 Å². The average molecular weight is 240 g/mol. The second kappa shape index (κ2) is 6.39. The van der Waals surface area contributed by atoms with Crippen LogP contribution in [0.4, 0.5) is 0 Å². The molecule has 0 unspecified atom stereocenters. The van der Waals surface area contributed by atoms with Crippen LogP contribution >= 0.6 is 0 Å². The first kappa shape index (κ1) is 13.7. The number of ether oxygens (including phenoxy) is 2. The smallest absolute Gasteiger partial charge is 0.186 e. The number of nitrogens with zero attached hydrogens (tertiary/aromatic N) is 2. The van der Waals surface area contributed by atoms with Gasteiger partial charge in [0.15, 0.2) is 11.5 Å². The third-order valence-corrected chi connectivity index (χ3v) is 2.41. The Morgan fingerprint density at radius 1 is 1.53 bits per heavy atom. The summed E-state index contributed by atoms with van der Waals surface area (Å²) in [7, 11) is 1.54. The van der Waals surface area contributed by atoms with Gasteiger partial charge in [-0.25, -0.2) is 0 Å². The third-order valence-electron chi connectivity index (χ3n) is 2.41. The molecule has 1 aromatic rings. The van der Waals surface area contributed by atoms with Gasteiger partial charge in [-0.3, -0.25) is 9.48 Å². The molecule has 0 bridgehead atoms. The van der Waals surface area contributed by atoms with E-state index in [-0.39, 0.29) is 11.8 Å². The summed E-state index contributed by atoms with van der Waals surface area (Å²) in [4.78, 5) is 12.1. The Morgan fingerprint density at radius 3 is 2.76 bits per heavy atom. The molecule has 96 valence electrons. The number of hydrogen-bond donors (Lipinski definition) is 0. The third kappa shape index (κ3) is 3.30. The molecule has 1 heterocycles. The predicted octanol–water partition coefficient (Wildman–Crippen LogP) is 2.08. The summed E-state index contributed by atoms with van der Waals surface area (Å²) >= 11 is 0. The number of Topliss-reactive ketones (excluding diaryl/α,β-unsaturated/α-hetero) is 1. The van der Waals surface area contributed by atoms with E-state index in [0.29, 0.717) is 31.1 Å². The zero-order valence-corrected chi connectivity index (χ0v) is 10.9. The molecule has 0 aliphatic heterocycles. The van der Waals surface area contributed by atoms with Crippen LogP contribution in [0.2, 0.25) is 0 Å². The quantitative estimate of drug-likeness (QED) is 0.541. The molecular weight excluding hydrogens is 220 g/mol. The van der Waals surface area contributed by atoms with E-state index in [1.807, 2.05) is 20.8 Å². The van der Waals surface area contributed by atoms with Crippen LogP contribution < -0.4 is 4.74 Å². The van der Waals surface area contributed by atoms with Crippen LogP contribution in [0, 0.1) is 0 Å². The number of ketones is 1. The molecule has 5 nitrogen and oxygen atoms in total. The Balaban J connectivity index is 2.85. The van der Waals surface area contributed by atoms with E-state index in [9.17, 15) is 4.79 Å². The molecule has 0 aliphatic rings. The van der Waals surface area contributed by atoms with Crippen LogP contribution in [0.1, 0.15) is 43.7 Å². The SMILES string of the molecule is CCOCCC(=O)c1c(OC)cnn1C(C)C. The van der Waals surface area contributed by atoms with Crippen molar-refractivity contribution in [3.63, 3.8) is 0 Å². The molecule has 0 amide bonds. The highest BCUT2D eigenvalue weighted by molar-refractivity contribution is 5.97. The monoisotopic (exact) mass is 240 g/mol. The lowest BCUT2D eigenvalue weighted by Gasteiger charge is -2.11. The van der Waals surface area contributed by atoms with Gasteiger partial charge >= 0.3 is 0 Å². The molecular formula is C12H20N2O3. The van der Waals surface area contributed by atoms with E-state index in [1.165, 1.54) is 0 Å². The Bertz CT molecular complexity index is 372. The first-order valence-electron chi connectivity index (χ1n) is 5.84. The number of aromatic nitrogens is 2. The zero-order valence-electron chi connectivity index (χ0n) is 10.9. The number of methoxy groups -OCH3 is 1. The molecule has 5 heteroatoms. The summed E-state index contributed by atoms with van der Waals surface area (Å²) in [6, 6.07) is 0.130. The van der Waals surface area contributed by atoms with Gasteiger partial charge in [0.05, 0.1) is 19.9 Å². The fraction of sp³-hybridized carbons (Fsp3) is 0.667. The lowest BCUT2D eigenvalue weighted by atomic mass is 10.2. The van der Waals surface area contributed by atoms with Crippen LogP contribution in [-0.2, 0) is 4.74 Å². The summed E-state index contributed by atoms with van der Waals surface area (Å²) in [6.45, 7) is 6.91. The number of rotatable bonds is 7. The van der Waals surface area contributed by atoms with Crippen LogP contribution in [0.5, 0.6) is 5.75 Å². The van der Waals surface area contributed by atoms with Crippen molar-refractivity contribution < 1.29 is 14.3 Å². The summed E-state index contributed by atoms with van der Waals surface area (Å²) in [5, 5.41) is 4.17. The van der Waals surface area contributed by atoms with Crippen molar-refractivity contribution in [3.8, 4) is 5.75 Å². The summed E-state index contributed by atoms with van der Waals surface area (Å²) in [5.74, 6) is 0.529. The molecule has 1 aromatic heterocycles. The van der Waals surface area contributed by atoms with E-state index < -0.39 is 0 Å². The molecule has 0 atom stereocenters. The molecule has 0 saturated carbocycles. The number of carbonyl (C=O) groups excluding carboxylic acids is 1. The largest absolute Gasteiger partial charge is 0.493 e. The lowest BCUT2D eigenvalue weighted by Crippen LogP contribution is -2.15. The van der Waals surface area contributed by atoms with Crippen molar-refractivity contribution >= 4 is 5.78 Å². The summed E-state index contributed by atoms with van der Waals surface area (Å²) in [6.07, 6.45) is 1.93. The van der Waals surface area contributed by atoms with E-state index in [0.717, 1.165) is 0 Å². The fourth-order valence-electron chi connectivity index (χ4n) is 1.58. The van der Waals surface area contributed by atoms with Crippen molar-refractivity contribution in [2.24, 2.45) is 0 Å². The average Bonchev–Trinajstić information content (AvgIpc) is 2.72. The summed E-state index contributed by atoms with van der Waals surface area (Å²) < 4.78 is 12.0. The van der Waals surface area contributed by atoms with Crippen LogP contribution in [-0.4, -0.2) is 35.9 Å². The van der Waals surface area contributed by atoms with Gasteiger partial charge < -0.3 is 9.47 Å². The lowest BCUT2D eigenvalue weighted by molar-refractivity contribution is 0.0881. The van der Waals surface area contributed by atoms with Crippen LogP contribution in [0.25, 0.3) is 0 Å². The van der Waals surface area contributed by atoms with Crippen molar-refractivity contribution in [1.29, 1.82) is 0 Å². The first-order valence-corrected chi connectivity index (χ1v) is 5.84. The van der Waals surface area contributed by atoms with Crippen molar-refractivity contribution in [3.05, 3.63) is 11.9 Å². The molecule has 0 fully saturated rings. The van der Waals surface area contributed by atoms with Gasteiger partial charge in [0, 0.05) is 19.1 Å². The molecule has 0 saturated heterocycles. The topological polar surface area (TPSA) is 53.4 Å². The Hall–Kier alpha value is -1.36. The van der Waals surface area contributed by atoms with Gasteiger partial charge in [0.2, 0.25) is 0 Å². The molecule has 0 aliphatic carbocycles. The molecule has 1 rings (SSSR count). The first-order chi connectivity index (χ1) is 8.11. The van der Waals surface area contributed by atoms with Gasteiger partial charge in [-0.05, 0) is 20.8 Å². The maximum atomic E-state index is 12.1. The minimum Gasteiger partial charge on any atom is -0.493 e. The minimum absolute atomic E-state index is 0.00139. The molecule has 0 N–H and O–H groups in total. The Labute approximate surface area is 102 Å². The van der Waals surface area contributed by atoms with E-state index >= 15 is 0 Å². The highest BCUT2D eigenvalue weighted by Gasteiger charge is 2.20. The number of hydrogen-bond acceptors (Lipinski definition) is 4. The Kier molecular flexibility index (Phi) is 5.15. The van der Waals surface area contributed by atoms with Crippen LogP contribution in [0.15, 0.2) is 6.20 Å². The zero-order chi connectivity index (χ0) is 12.8. The number of carbonyl (C=O) groups is 1. The van der Waals surface area contributed by atoms with Gasteiger partial charge in [0.25, 0.3) is 0 Å². The highest BCUT2D eigenvalue weighted by Crippen LogP contribution is 2.22. The second-order valence-corrected chi connectivity index (χ2v) is 3.97. The highest BCUT2D eigenvalue weighted by atomic mass is 16.5. The van der Waals surface area contributed by atoms with Gasteiger partial charge in [0.1, 0.15) is 5.69 Å². The normalized spacial score (nSPS) is 10.9. The van der Waals surface area contributed by atoms with Crippen molar-refractivity contribution in [1.82, 2.24) is 9.78 Å². The maximum absolute atomic E-state index is 12.1. The standard InChI is InChI=1S/C12H20N2O3/c1-5-17-7-6-10(15)12-11(16-4)8-13-14(12)9(2)3/h8-9H,5-7H2,1-4H3. The fourth-order valence-corrected chi connectivity index (χ4v) is 1.58. The second-order valence-electron chi connectivity index (χ2n) is 3.97. The Morgan fingerprint density at radius 2 is 2.24 bits per heavy atom. The maximum Gasteiger partial charge on any atom is 0.186 e. The summed E-state index contributed by atoms with van der Waals surface area (Å²) in [5.41, 5.74) is 0.530. The predicted molar refractivity (Wildman–Crippen MR) is 64.6 cm³/mol. The molecule has 0 aromatic carbocycles. The van der Waals surface area contributed by atoms with Crippen LogP contribution in [0.3, 0.4) is 0 Å². The van der Waals surface area contributed by atoms with Gasteiger partial charge in [-0.2, -0.15) is 5.10 Å². The van der Waals surface area contributed by atoms with E-state index in [2.05, 4.69) is 5.10 Å². The molecule has 0 radical (unpaired) electrons.